The lowest BCUT2D eigenvalue weighted by Crippen LogP contribution is -2.26. The molecule has 0 fully saturated rings. The number of rotatable bonds is 2. The summed E-state index contributed by atoms with van der Waals surface area (Å²) in [5, 5.41) is 7.19. The molecule has 34 heavy (non-hydrogen) atoms. The Labute approximate surface area is 196 Å². The predicted octanol–water partition coefficient (Wildman–Crippen LogP) is 5.12. The van der Waals surface area contributed by atoms with Crippen LogP contribution in [0.15, 0.2) is 71.9 Å². The molecule has 2 atom stereocenters. The summed E-state index contributed by atoms with van der Waals surface area (Å²) in [6, 6.07) is 19.6. The van der Waals surface area contributed by atoms with Gasteiger partial charge in [0, 0.05) is 17.7 Å². The number of ketones is 1. The molecule has 0 bridgehead atoms. The number of para-hydroxylation sites is 2. The van der Waals surface area contributed by atoms with Gasteiger partial charge in [0.2, 0.25) is 13.6 Å². The summed E-state index contributed by atoms with van der Waals surface area (Å²) in [5.74, 6) is 3.09. The summed E-state index contributed by atoms with van der Waals surface area (Å²) < 4.78 is 22.1. The number of carbonyl (C=O) groups is 1. The number of ether oxygens (including phenoxy) is 4. The van der Waals surface area contributed by atoms with Gasteiger partial charge in [0.05, 0.1) is 17.4 Å². The lowest BCUT2D eigenvalue weighted by molar-refractivity contribution is -0.116. The summed E-state index contributed by atoms with van der Waals surface area (Å²) in [4.78, 5) is 13.7. The largest absolute Gasteiger partial charge is 0.454 e. The van der Waals surface area contributed by atoms with Crippen LogP contribution in [-0.4, -0.2) is 19.4 Å². The SMILES string of the molecule is O=C1C[C@@H](c2ccc3c(c2)OCO3)CC2=C1[C@H](c1ccc3c(c1)OCO3)Nc1ccccc1N2. The van der Waals surface area contributed by atoms with Gasteiger partial charge in [-0.1, -0.05) is 24.3 Å². The molecule has 7 nitrogen and oxygen atoms in total. The molecule has 0 spiro atoms. The van der Waals surface area contributed by atoms with Gasteiger partial charge in [-0.25, -0.2) is 0 Å². The standard InChI is InChI=1S/C27H22N2O5/c30-21-10-17(15-5-7-22-24(11-15)33-13-31-22)9-20-26(21)27(29-19-4-2-1-3-18(19)28-20)16-6-8-23-25(12-16)34-14-32-23/h1-8,11-12,17,27-29H,9-10,13-14H2/t17-,27-/m0/s1. The minimum absolute atomic E-state index is 0.0518. The number of allylic oxidation sites excluding steroid dienone is 1. The van der Waals surface area contributed by atoms with Gasteiger partial charge >= 0.3 is 0 Å². The van der Waals surface area contributed by atoms with Crippen molar-refractivity contribution in [1.82, 2.24) is 0 Å². The van der Waals surface area contributed by atoms with Gasteiger partial charge in [-0.3, -0.25) is 4.79 Å². The Hall–Kier alpha value is -4.13. The molecular weight excluding hydrogens is 432 g/mol. The third-order valence-electron chi connectivity index (χ3n) is 6.91. The van der Waals surface area contributed by atoms with Gasteiger partial charge < -0.3 is 29.6 Å². The molecule has 0 radical (unpaired) electrons. The first kappa shape index (κ1) is 19.3. The molecule has 0 aromatic heterocycles. The molecule has 7 rings (SSSR count). The fraction of sp³-hybridized carbons (Fsp3) is 0.222. The van der Waals surface area contributed by atoms with Crippen LogP contribution < -0.4 is 29.6 Å². The van der Waals surface area contributed by atoms with Crippen molar-refractivity contribution in [2.45, 2.75) is 24.8 Å². The average Bonchev–Trinajstić information content (AvgIpc) is 3.48. The Morgan fingerprint density at radius 2 is 1.35 bits per heavy atom. The van der Waals surface area contributed by atoms with Crippen LogP contribution >= 0.6 is 0 Å². The van der Waals surface area contributed by atoms with E-state index in [1.165, 1.54) is 0 Å². The number of fused-ring (bicyclic) bond motifs is 3. The zero-order valence-electron chi connectivity index (χ0n) is 18.3. The molecule has 170 valence electrons. The average molecular weight is 454 g/mol. The molecule has 3 aliphatic heterocycles. The van der Waals surface area contributed by atoms with Crippen molar-refractivity contribution in [1.29, 1.82) is 0 Å². The smallest absolute Gasteiger partial charge is 0.231 e. The quantitative estimate of drug-likeness (QED) is 0.556. The molecule has 3 aromatic carbocycles. The number of Topliss-reactive ketones (excluding diaryl/α,β-unsaturated/α-hetero) is 1. The Bertz CT molecular complexity index is 1360. The first-order valence-corrected chi connectivity index (χ1v) is 11.4. The first-order chi connectivity index (χ1) is 16.7. The van der Waals surface area contributed by atoms with E-state index >= 15 is 0 Å². The van der Waals surface area contributed by atoms with Gasteiger partial charge in [0.25, 0.3) is 0 Å². The van der Waals surface area contributed by atoms with Crippen LogP contribution in [0, 0.1) is 0 Å². The number of benzene rings is 3. The minimum Gasteiger partial charge on any atom is -0.454 e. The molecule has 0 amide bonds. The monoisotopic (exact) mass is 454 g/mol. The minimum atomic E-state index is -0.300. The first-order valence-electron chi connectivity index (χ1n) is 11.4. The Kier molecular flexibility index (Phi) is 4.24. The van der Waals surface area contributed by atoms with E-state index in [0.29, 0.717) is 12.2 Å². The van der Waals surface area contributed by atoms with Crippen LogP contribution in [0.5, 0.6) is 23.0 Å². The Morgan fingerprint density at radius 3 is 2.12 bits per heavy atom. The molecule has 0 unspecified atom stereocenters. The molecule has 2 N–H and O–H groups in total. The summed E-state index contributed by atoms with van der Waals surface area (Å²) >= 11 is 0. The van der Waals surface area contributed by atoms with Crippen LogP contribution in [0.1, 0.15) is 35.9 Å². The van der Waals surface area contributed by atoms with E-state index in [9.17, 15) is 4.79 Å². The number of carbonyl (C=O) groups excluding carboxylic acids is 1. The van der Waals surface area contributed by atoms with E-state index in [-0.39, 0.29) is 31.3 Å². The second kappa shape index (κ2) is 7.45. The van der Waals surface area contributed by atoms with Crippen molar-refractivity contribution >= 4 is 17.2 Å². The topological polar surface area (TPSA) is 78.1 Å². The van der Waals surface area contributed by atoms with E-state index in [2.05, 4.69) is 10.6 Å². The normalized spacial score (nSPS) is 21.8. The van der Waals surface area contributed by atoms with Gasteiger partial charge in [-0.05, 0) is 59.9 Å². The number of nitrogens with one attached hydrogen (secondary N) is 2. The van der Waals surface area contributed by atoms with E-state index < -0.39 is 0 Å². The summed E-state index contributed by atoms with van der Waals surface area (Å²) in [5.41, 5.74) is 5.66. The van der Waals surface area contributed by atoms with Crippen molar-refractivity contribution in [2.24, 2.45) is 0 Å². The van der Waals surface area contributed by atoms with Crippen LogP contribution in [0.4, 0.5) is 11.4 Å². The molecule has 4 aliphatic rings. The highest BCUT2D eigenvalue weighted by molar-refractivity contribution is 6.01. The number of hydrogen-bond donors (Lipinski definition) is 2. The van der Waals surface area contributed by atoms with Gasteiger partial charge in [-0.2, -0.15) is 0 Å². The lowest BCUT2D eigenvalue weighted by atomic mass is 9.78. The van der Waals surface area contributed by atoms with Crippen molar-refractivity contribution in [3.05, 3.63) is 83.1 Å². The maximum atomic E-state index is 13.7. The Morgan fingerprint density at radius 1 is 0.706 bits per heavy atom. The van der Waals surface area contributed by atoms with Crippen LogP contribution in [0.25, 0.3) is 0 Å². The molecule has 1 aliphatic carbocycles. The second-order valence-corrected chi connectivity index (χ2v) is 8.89. The van der Waals surface area contributed by atoms with Crippen molar-refractivity contribution < 1.29 is 23.7 Å². The van der Waals surface area contributed by atoms with E-state index in [1.807, 2.05) is 60.7 Å². The lowest BCUT2D eigenvalue weighted by Gasteiger charge is -2.30. The van der Waals surface area contributed by atoms with Gasteiger partial charge in [0.15, 0.2) is 28.8 Å². The predicted molar refractivity (Wildman–Crippen MR) is 126 cm³/mol. The number of hydrogen-bond acceptors (Lipinski definition) is 7. The molecule has 0 saturated carbocycles. The fourth-order valence-electron chi connectivity index (χ4n) is 5.24. The molecular formula is C27H22N2O5. The molecule has 3 aromatic rings. The third-order valence-corrected chi connectivity index (χ3v) is 6.91. The highest BCUT2D eigenvalue weighted by Crippen LogP contribution is 2.46. The Balaban J connectivity index is 1.31. The van der Waals surface area contributed by atoms with Crippen molar-refractivity contribution in [3.63, 3.8) is 0 Å². The zero-order valence-corrected chi connectivity index (χ0v) is 18.3. The fourth-order valence-corrected chi connectivity index (χ4v) is 5.24. The third kappa shape index (κ3) is 3.08. The second-order valence-electron chi connectivity index (χ2n) is 8.89. The van der Waals surface area contributed by atoms with Crippen molar-refractivity contribution in [2.75, 3.05) is 24.2 Å². The van der Waals surface area contributed by atoms with E-state index in [0.717, 1.165) is 57.4 Å². The van der Waals surface area contributed by atoms with Crippen LogP contribution in [0.2, 0.25) is 0 Å². The highest BCUT2D eigenvalue weighted by Gasteiger charge is 2.37. The van der Waals surface area contributed by atoms with Gasteiger partial charge in [0.1, 0.15) is 0 Å². The zero-order chi connectivity index (χ0) is 22.6. The molecule has 3 heterocycles. The molecule has 0 saturated heterocycles. The highest BCUT2D eigenvalue weighted by atomic mass is 16.7. The molecule has 7 heteroatoms. The van der Waals surface area contributed by atoms with Crippen LogP contribution in [-0.2, 0) is 4.79 Å². The maximum absolute atomic E-state index is 13.7. The van der Waals surface area contributed by atoms with Crippen molar-refractivity contribution in [3.8, 4) is 23.0 Å². The summed E-state index contributed by atoms with van der Waals surface area (Å²) in [7, 11) is 0. The number of anilines is 2. The summed E-state index contributed by atoms with van der Waals surface area (Å²) in [6.07, 6.45) is 1.15. The maximum Gasteiger partial charge on any atom is 0.231 e. The van der Waals surface area contributed by atoms with E-state index in [4.69, 9.17) is 18.9 Å². The van der Waals surface area contributed by atoms with E-state index in [1.54, 1.807) is 0 Å². The van der Waals surface area contributed by atoms with Gasteiger partial charge in [-0.15, -0.1) is 0 Å². The van der Waals surface area contributed by atoms with Crippen LogP contribution in [0.3, 0.4) is 0 Å². The summed E-state index contributed by atoms with van der Waals surface area (Å²) in [6.45, 7) is 0.449.